The Morgan fingerprint density at radius 3 is 1.81 bits per heavy atom. The average Bonchev–Trinajstić information content (AvgIpc) is 2.54. The van der Waals surface area contributed by atoms with E-state index in [0.29, 0.717) is 41.6 Å². The minimum absolute atomic E-state index is 0.367. The van der Waals surface area contributed by atoms with Crippen LogP contribution in [0.4, 0.5) is 0 Å². The molecule has 0 aromatic heterocycles. The van der Waals surface area contributed by atoms with Gasteiger partial charge < -0.3 is 14.9 Å². The number of ether oxygens (including phenoxy) is 1. The fraction of sp³-hybridized carbons (Fsp3) is 0.619. The molecule has 0 radical (unpaired) electrons. The summed E-state index contributed by atoms with van der Waals surface area (Å²) >= 11 is 0. The monoisotopic (exact) mass is 364 g/mol. The number of hydrogen-bond acceptors (Lipinski definition) is 3. The number of carboxylic acids is 2. The maximum atomic E-state index is 12.0. The van der Waals surface area contributed by atoms with Crippen molar-refractivity contribution in [2.24, 2.45) is 11.8 Å². The first-order chi connectivity index (χ1) is 12.2. The first-order valence-electron chi connectivity index (χ1n) is 9.31. The average molecular weight is 364 g/mol. The highest BCUT2D eigenvalue weighted by molar-refractivity contribution is 5.82. The first-order valence-corrected chi connectivity index (χ1v) is 9.31. The molecule has 1 rings (SSSR count). The third kappa shape index (κ3) is 6.04. The molecule has 0 fully saturated rings. The van der Waals surface area contributed by atoms with Gasteiger partial charge in [-0.3, -0.25) is 9.59 Å². The van der Waals surface area contributed by atoms with Gasteiger partial charge >= 0.3 is 11.9 Å². The molecule has 5 nitrogen and oxygen atoms in total. The van der Waals surface area contributed by atoms with E-state index < -0.39 is 23.8 Å². The second-order valence-corrected chi connectivity index (χ2v) is 7.69. The van der Waals surface area contributed by atoms with Gasteiger partial charge in [0.15, 0.2) is 0 Å². The minimum Gasteiger partial charge on any atom is -0.496 e. The second-order valence-electron chi connectivity index (χ2n) is 7.69. The molecule has 0 heterocycles. The summed E-state index contributed by atoms with van der Waals surface area (Å²) in [5.41, 5.74) is 1.08. The van der Waals surface area contributed by atoms with E-state index in [1.807, 2.05) is 27.7 Å². The highest BCUT2D eigenvalue weighted by Gasteiger charge is 2.31. The van der Waals surface area contributed by atoms with Crippen molar-refractivity contribution in [2.75, 3.05) is 7.11 Å². The van der Waals surface area contributed by atoms with Crippen LogP contribution < -0.4 is 4.74 Å². The van der Waals surface area contributed by atoms with Crippen LogP contribution in [0.5, 0.6) is 5.75 Å². The lowest BCUT2D eigenvalue weighted by Gasteiger charge is -2.24. The van der Waals surface area contributed by atoms with Crippen LogP contribution in [0.2, 0.25) is 0 Å². The highest BCUT2D eigenvalue weighted by atomic mass is 16.5. The van der Waals surface area contributed by atoms with Crippen LogP contribution in [0.25, 0.3) is 0 Å². The van der Waals surface area contributed by atoms with Crippen molar-refractivity contribution in [3.8, 4) is 5.75 Å². The summed E-state index contributed by atoms with van der Waals surface area (Å²) in [6, 6.07) is 5.19. The summed E-state index contributed by atoms with van der Waals surface area (Å²) in [6.07, 6.45) is 2.44. The van der Waals surface area contributed by atoms with Crippen LogP contribution in [0.15, 0.2) is 18.2 Å². The number of benzene rings is 1. The van der Waals surface area contributed by atoms with Gasteiger partial charge in [0.25, 0.3) is 0 Å². The van der Waals surface area contributed by atoms with Gasteiger partial charge in [-0.05, 0) is 49.1 Å². The normalized spacial score (nSPS) is 13.7. The summed E-state index contributed by atoms with van der Waals surface area (Å²) in [6.45, 7) is 8.19. The summed E-state index contributed by atoms with van der Waals surface area (Å²) in [4.78, 5) is 23.9. The van der Waals surface area contributed by atoms with Crippen molar-refractivity contribution >= 4 is 11.9 Å². The SMILES string of the molecule is COc1cccc(C(CCC(C)C)C(=O)O)c1C(CCC(C)C)C(=O)O. The Balaban J connectivity index is 3.42. The van der Waals surface area contributed by atoms with Gasteiger partial charge in [0.1, 0.15) is 5.75 Å². The van der Waals surface area contributed by atoms with E-state index in [0.717, 1.165) is 12.8 Å². The molecule has 1 aromatic carbocycles. The summed E-state index contributed by atoms with van der Waals surface area (Å²) < 4.78 is 5.42. The molecule has 2 N–H and O–H groups in total. The van der Waals surface area contributed by atoms with Crippen molar-refractivity contribution in [3.05, 3.63) is 29.3 Å². The molecule has 0 aliphatic heterocycles. The minimum atomic E-state index is -0.940. The summed E-state index contributed by atoms with van der Waals surface area (Å²) in [7, 11) is 1.49. The number of hydrogen-bond donors (Lipinski definition) is 2. The molecular formula is C21H32O5. The zero-order valence-corrected chi connectivity index (χ0v) is 16.5. The molecule has 1 aromatic rings. The van der Waals surface area contributed by atoms with Crippen LogP contribution in [0.1, 0.15) is 76.3 Å². The Hall–Kier alpha value is -2.04. The standard InChI is InChI=1S/C21H32O5/c1-13(2)9-11-16(20(22)23)15-7-6-8-18(26-5)19(15)17(21(24)25)12-10-14(3)4/h6-8,13-14,16-17H,9-12H2,1-5H3,(H,22,23)(H,24,25). The van der Waals surface area contributed by atoms with E-state index in [4.69, 9.17) is 4.74 Å². The van der Waals surface area contributed by atoms with E-state index in [2.05, 4.69) is 0 Å². The van der Waals surface area contributed by atoms with Gasteiger partial charge in [0.2, 0.25) is 0 Å². The van der Waals surface area contributed by atoms with E-state index >= 15 is 0 Å². The molecule has 0 aliphatic carbocycles. The predicted molar refractivity (Wildman–Crippen MR) is 102 cm³/mol. The van der Waals surface area contributed by atoms with E-state index in [1.54, 1.807) is 18.2 Å². The summed E-state index contributed by atoms with van der Waals surface area (Å²) in [5.74, 6) is -2.17. The van der Waals surface area contributed by atoms with Gasteiger partial charge in [-0.15, -0.1) is 0 Å². The zero-order valence-electron chi connectivity index (χ0n) is 16.5. The smallest absolute Gasteiger partial charge is 0.311 e. The maximum Gasteiger partial charge on any atom is 0.311 e. The Bertz CT molecular complexity index is 606. The maximum absolute atomic E-state index is 12.0. The third-order valence-electron chi connectivity index (χ3n) is 4.71. The Labute approximate surface area is 156 Å². The topological polar surface area (TPSA) is 83.8 Å². The number of methoxy groups -OCH3 is 1. The predicted octanol–water partition coefficient (Wildman–Crippen LogP) is 4.90. The largest absolute Gasteiger partial charge is 0.496 e. The fourth-order valence-electron chi connectivity index (χ4n) is 3.22. The molecule has 0 saturated heterocycles. The molecule has 26 heavy (non-hydrogen) atoms. The van der Waals surface area contributed by atoms with E-state index in [9.17, 15) is 19.8 Å². The van der Waals surface area contributed by atoms with Crippen molar-refractivity contribution in [1.29, 1.82) is 0 Å². The van der Waals surface area contributed by atoms with Crippen molar-refractivity contribution in [1.82, 2.24) is 0 Å². The van der Waals surface area contributed by atoms with Crippen LogP contribution in [0.3, 0.4) is 0 Å². The second kappa shape index (κ2) is 10.2. The zero-order chi connectivity index (χ0) is 19.9. The molecular weight excluding hydrogens is 332 g/mol. The van der Waals surface area contributed by atoms with E-state index in [1.165, 1.54) is 7.11 Å². The first kappa shape index (κ1) is 22.0. The molecule has 2 unspecified atom stereocenters. The lowest BCUT2D eigenvalue weighted by Crippen LogP contribution is -2.20. The third-order valence-corrected chi connectivity index (χ3v) is 4.71. The van der Waals surface area contributed by atoms with Gasteiger partial charge in [-0.1, -0.05) is 39.8 Å². The molecule has 146 valence electrons. The lowest BCUT2D eigenvalue weighted by atomic mass is 9.81. The van der Waals surface area contributed by atoms with Gasteiger partial charge in [-0.25, -0.2) is 0 Å². The van der Waals surface area contributed by atoms with Gasteiger partial charge in [0.05, 0.1) is 18.9 Å². The molecule has 0 spiro atoms. The quantitative estimate of drug-likeness (QED) is 0.583. The number of rotatable bonds is 11. The molecule has 0 saturated carbocycles. The highest BCUT2D eigenvalue weighted by Crippen LogP contribution is 2.39. The Kier molecular flexibility index (Phi) is 8.62. The lowest BCUT2D eigenvalue weighted by molar-refractivity contribution is -0.140. The molecule has 2 atom stereocenters. The molecule has 0 bridgehead atoms. The Morgan fingerprint density at radius 2 is 1.38 bits per heavy atom. The fourth-order valence-corrected chi connectivity index (χ4v) is 3.22. The van der Waals surface area contributed by atoms with Crippen LogP contribution in [-0.2, 0) is 9.59 Å². The number of carboxylic acid groups (broad SMARTS) is 2. The van der Waals surface area contributed by atoms with Crippen molar-refractivity contribution in [2.45, 2.75) is 65.2 Å². The molecule has 0 aliphatic rings. The van der Waals surface area contributed by atoms with Crippen molar-refractivity contribution in [3.63, 3.8) is 0 Å². The Morgan fingerprint density at radius 1 is 0.885 bits per heavy atom. The van der Waals surface area contributed by atoms with Crippen LogP contribution in [0, 0.1) is 11.8 Å². The van der Waals surface area contributed by atoms with Crippen LogP contribution in [-0.4, -0.2) is 29.3 Å². The number of carbonyl (C=O) groups is 2. The molecule has 5 heteroatoms. The number of aliphatic carboxylic acids is 2. The van der Waals surface area contributed by atoms with Gasteiger partial charge in [-0.2, -0.15) is 0 Å². The summed E-state index contributed by atoms with van der Waals surface area (Å²) in [5, 5.41) is 19.6. The van der Waals surface area contributed by atoms with Crippen molar-refractivity contribution < 1.29 is 24.5 Å². The van der Waals surface area contributed by atoms with Crippen LogP contribution >= 0.6 is 0 Å². The van der Waals surface area contributed by atoms with Gasteiger partial charge in [0, 0.05) is 5.56 Å². The molecule has 0 amide bonds. The van der Waals surface area contributed by atoms with E-state index in [-0.39, 0.29) is 0 Å².